The Morgan fingerprint density at radius 1 is 1.53 bits per heavy atom. The summed E-state index contributed by atoms with van der Waals surface area (Å²) in [5.74, 6) is -1.17. The first kappa shape index (κ1) is 13.3. The van der Waals surface area contributed by atoms with Crippen molar-refractivity contribution < 1.29 is 19.1 Å². The molecule has 2 heterocycles. The molecule has 1 fully saturated rings. The number of likely N-dealkylation sites (tertiary alicyclic amines) is 1. The molecular formula is C12H14FN3O3. The van der Waals surface area contributed by atoms with Crippen LogP contribution in [0.15, 0.2) is 18.3 Å². The predicted molar refractivity (Wildman–Crippen MR) is 65.1 cm³/mol. The number of nitrogens with one attached hydrogen (secondary N) is 1. The van der Waals surface area contributed by atoms with Gasteiger partial charge in [-0.3, -0.25) is 10.1 Å². The minimum Gasteiger partial charge on any atom is -0.481 e. The van der Waals surface area contributed by atoms with Crippen LogP contribution in [0.5, 0.6) is 0 Å². The number of rotatable bonds is 2. The molecule has 0 aliphatic carbocycles. The van der Waals surface area contributed by atoms with Crippen LogP contribution in [0.2, 0.25) is 0 Å². The van der Waals surface area contributed by atoms with Crippen LogP contribution < -0.4 is 5.32 Å². The Balaban J connectivity index is 1.98. The number of urea groups is 1. The van der Waals surface area contributed by atoms with E-state index in [2.05, 4.69) is 10.3 Å². The zero-order chi connectivity index (χ0) is 14.0. The van der Waals surface area contributed by atoms with Gasteiger partial charge in [0.1, 0.15) is 11.6 Å². The molecular weight excluding hydrogens is 253 g/mol. The first-order chi connectivity index (χ1) is 8.90. The highest BCUT2D eigenvalue weighted by Gasteiger charge is 2.42. The van der Waals surface area contributed by atoms with Crippen LogP contribution in [0.1, 0.15) is 13.3 Å². The van der Waals surface area contributed by atoms with Gasteiger partial charge in [-0.25, -0.2) is 14.2 Å². The summed E-state index contributed by atoms with van der Waals surface area (Å²) >= 11 is 0. The summed E-state index contributed by atoms with van der Waals surface area (Å²) in [5, 5.41) is 11.6. The quantitative estimate of drug-likeness (QED) is 0.851. The molecule has 0 aromatic carbocycles. The number of anilines is 1. The summed E-state index contributed by atoms with van der Waals surface area (Å²) in [5.41, 5.74) is -0.909. The second-order valence-corrected chi connectivity index (χ2v) is 4.83. The largest absolute Gasteiger partial charge is 0.481 e. The molecule has 1 saturated heterocycles. The van der Waals surface area contributed by atoms with E-state index in [1.807, 2.05) is 0 Å². The van der Waals surface area contributed by atoms with Crippen molar-refractivity contribution in [3.8, 4) is 0 Å². The van der Waals surface area contributed by atoms with Crippen molar-refractivity contribution in [1.82, 2.24) is 9.88 Å². The summed E-state index contributed by atoms with van der Waals surface area (Å²) in [6.45, 7) is 2.13. The monoisotopic (exact) mass is 267 g/mol. The molecule has 1 aromatic rings. The molecule has 1 unspecified atom stereocenters. The standard InChI is InChI=1S/C12H14FN3O3/c1-12(10(17)18)4-5-16(7-12)11(19)15-9-3-2-8(13)6-14-9/h2-3,6H,4-5,7H2,1H3,(H,17,18)(H,14,15,19). The van der Waals surface area contributed by atoms with Gasteiger partial charge in [0.15, 0.2) is 0 Å². The molecule has 0 saturated carbocycles. The Morgan fingerprint density at radius 3 is 2.79 bits per heavy atom. The lowest BCUT2D eigenvalue weighted by molar-refractivity contribution is -0.146. The molecule has 1 aliphatic heterocycles. The lowest BCUT2D eigenvalue weighted by Crippen LogP contribution is -2.37. The second kappa shape index (κ2) is 4.83. The molecule has 7 heteroatoms. The van der Waals surface area contributed by atoms with Gasteiger partial charge in [-0.1, -0.05) is 0 Å². The Labute approximate surface area is 109 Å². The number of hydrogen-bond donors (Lipinski definition) is 2. The Kier molecular flexibility index (Phi) is 3.37. The number of carbonyl (C=O) groups excluding carboxylic acids is 1. The van der Waals surface area contributed by atoms with E-state index < -0.39 is 23.2 Å². The van der Waals surface area contributed by atoms with Gasteiger partial charge in [0, 0.05) is 13.1 Å². The van der Waals surface area contributed by atoms with Crippen molar-refractivity contribution in [2.24, 2.45) is 5.41 Å². The maximum Gasteiger partial charge on any atom is 0.323 e. The van der Waals surface area contributed by atoms with E-state index in [1.54, 1.807) is 6.92 Å². The normalized spacial score (nSPS) is 22.3. The van der Waals surface area contributed by atoms with Crippen LogP contribution in [0, 0.1) is 11.2 Å². The summed E-state index contributed by atoms with van der Waals surface area (Å²) in [6, 6.07) is 2.11. The first-order valence-corrected chi connectivity index (χ1v) is 5.82. The van der Waals surface area contributed by atoms with Gasteiger partial charge in [0.05, 0.1) is 11.6 Å². The van der Waals surface area contributed by atoms with Gasteiger partial charge in [0.2, 0.25) is 0 Å². The number of hydrogen-bond acceptors (Lipinski definition) is 3. The third-order valence-corrected chi connectivity index (χ3v) is 3.24. The number of carbonyl (C=O) groups is 2. The molecule has 19 heavy (non-hydrogen) atoms. The fourth-order valence-corrected chi connectivity index (χ4v) is 1.95. The molecule has 6 nitrogen and oxygen atoms in total. The third-order valence-electron chi connectivity index (χ3n) is 3.24. The number of carboxylic acid groups (broad SMARTS) is 1. The van der Waals surface area contributed by atoms with E-state index in [-0.39, 0.29) is 12.4 Å². The zero-order valence-corrected chi connectivity index (χ0v) is 10.4. The predicted octanol–water partition coefficient (Wildman–Crippen LogP) is 1.55. The number of nitrogens with zero attached hydrogens (tertiary/aromatic N) is 2. The van der Waals surface area contributed by atoms with E-state index in [9.17, 15) is 14.0 Å². The highest BCUT2D eigenvalue weighted by atomic mass is 19.1. The molecule has 1 atom stereocenters. The zero-order valence-electron chi connectivity index (χ0n) is 10.4. The second-order valence-electron chi connectivity index (χ2n) is 4.83. The number of pyridine rings is 1. The Morgan fingerprint density at radius 2 is 2.26 bits per heavy atom. The van der Waals surface area contributed by atoms with Crippen LogP contribution in [-0.2, 0) is 4.79 Å². The van der Waals surface area contributed by atoms with Crippen LogP contribution in [0.4, 0.5) is 15.0 Å². The van der Waals surface area contributed by atoms with Crippen LogP contribution in [-0.4, -0.2) is 40.1 Å². The number of halogens is 1. The van der Waals surface area contributed by atoms with Crippen molar-refractivity contribution >= 4 is 17.8 Å². The van der Waals surface area contributed by atoms with E-state index in [4.69, 9.17) is 5.11 Å². The maximum atomic E-state index is 12.7. The lowest BCUT2D eigenvalue weighted by atomic mass is 9.90. The molecule has 1 aliphatic rings. The summed E-state index contributed by atoms with van der Waals surface area (Å²) in [7, 11) is 0. The number of carboxylic acids is 1. The van der Waals surface area contributed by atoms with Crippen LogP contribution >= 0.6 is 0 Å². The van der Waals surface area contributed by atoms with E-state index >= 15 is 0 Å². The fourth-order valence-electron chi connectivity index (χ4n) is 1.95. The van der Waals surface area contributed by atoms with Crippen molar-refractivity contribution in [1.29, 1.82) is 0 Å². The van der Waals surface area contributed by atoms with Crippen LogP contribution in [0.25, 0.3) is 0 Å². The van der Waals surface area contributed by atoms with Crippen molar-refractivity contribution in [3.63, 3.8) is 0 Å². The molecule has 2 rings (SSSR count). The topological polar surface area (TPSA) is 82.5 Å². The minimum absolute atomic E-state index is 0.148. The number of amides is 2. The number of aliphatic carboxylic acids is 1. The van der Waals surface area contributed by atoms with E-state index in [0.717, 1.165) is 6.20 Å². The van der Waals surface area contributed by atoms with Gasteiger partial charge in [-0.2, -0.15) is 0 Å². The van der Waals surface area contributed by atoms with Gasteiger partial charge in [-0.05, 0) is 25.5 Å². The average Bonchev–Trinajstić information content (AvgIpc) is 2.76. The lowest BCUT2D eigenvalue weighted by Gasteiger charge is -2.20. The van der Waals surface area contributed by atoms with E-state index in [0.29, 0.717) is 13.0 Å². The van der Waals surface area contributed by atoms with Crippen molar-refractivity contribution in [2.75, 3.05) is 18.4 Å². The van der Waals surface area contributed by atoms with E-state index in [1.165, 1.54) is 17.0 Å². The van der Waals surface area contributed by atoms with Gasteiger partial charge in [0.25, 0.3) is 0 Å². The third kappa shape index (κ3) is 2.81. The molecule has 2 N–H and O–H groups in total. The summed E-state index contributed by atoms with van der Waals surface area (Å²) in [4.78, 5) is 28.1. The van der Waals surface area contributed by atoms with Gasteiger partial charge < -0.3 is 10.0 Å². The maximum absolute atomic E-state index is 12.7. The van der Waals surface area contributed by atoms with Crippen molar-refractivity contribution in [3.05, 3.63) is 24.1 Å². The molecule has 0 radical (unpaired) electrons. The highest BCUT2D eigenvalue weighted by molar-refractivity contribution is 5.89. The molecule has 1 aromatic heterocycles. The molecule has 0 spiro atoms. The highest BCUT2D eigenvalue weighted by Crippen LogP contribution is 2.30. The summed E-state index contributed by atoms with van der Waals surface area (Å²) < 4.78 is 12.7. The van der Waals surface area contributed by atoms with Gasteiger partial charge in [-0.15, -0.1) is 0 Å². The molecule has 0 bridgehead atoms. The number of aromatic nitrogens is 1. The average molecular weight is 267 g/mol. The van der Waals surface area contributed by atoms with Gasteiger partial charge >= 0.3 is 12.0 Å². The van der Waals surface area contributed by atoms with Crippen LogP contribution in [0.3, 0.4) is 0 Å². The Hall–Kier alpha value is -2.18. The smallest absolute Gasteiger partial charge is 0.323 e. The SMILES string of the molecule is CC1(C(=O)O)CCN(C(=O)Nc2ccc(F)cn2)C1. The first-order valence-electron chi connectivity index (χ1n) is 5.82. The fraction of sp³-hybridized carbons (Fsp3) is 0.417. The van der Waals surface area contributed by atoms with Crippen molar-refractivity contribution in [2.45, 2.75) is 13.3 Å². The minimum atomic E-state index is -0.914. The molecule has 2 amide bonds. The summed E-state index contributed by atoms with van der Waals surface area (Å²) in [6.07, 6.45) is 1.41. The Bertz CT molecular complexity index is 505. The molecule has 102 valence electrons.